The summed E-state index contributed by atoms with van der Waals surface area (Å²) in [6, 6.07) is 27.6. The van der Waals surface area contributed by atoms with E-state index in [1.165, 1.54) is 46.6 Å². The van der Waals surface area contributed by atoms with E-state index in [1.807, 2.05) is 80.8 Å². The van der Waals surface area contributed by atoms with Gasteiger partial charge < -0.3 is 48.0 Å². The predicted molar refractivity (Wildman–Crippen MR) is 526 cm³/mol. The SMILES string of the molecule is CC(C)(C)CC(=O)Nc1nc2c(F)cc(C(C)(C)O)c(F)c2n1C1CCC1.CC(F)C(C)(C)CC(=O)Nc1nc2ccc(C(C)(C)O)cc2n1C1CCC1.CC(O)(CC(=O)Nc1nc2ccc(C#N)cc2n1C1(C)CCC1)c1c(F)cccc1F.COc1cc(Br)cc2c1nc(NC(=O)CC(C)(C)C)n2C1CCC1.C[C@H](C(=O)Nc1nc2ccc(C(C)(C)O)cc2n1C1(C)CCC1)C(C)(C)C. The van der Waals surface area contributed by atoms with Crippen LogP contribution in [0.3, 0.4) is 0 Å². The first-order valence-corrected chi connectivity index (χ1v) is 48.1. The van der Waals surface area contributed by atoms with E-state index in [0.717, 1.165) is 156 Å². The van der Waals surface area contributed by atoms with E-state index in [0.29, 0.717) is 47.1 Å². The highest BCUT2D eigenvalue weighted by atomic mass is 79.9. The van der Waals surface area contributed by atoms with Crippen molar-refractivity contribution in [1.29, 1.82) is 5.26 Å². The number of carbonyl (C=O) groups is 5. The van der Waals surface area contributed by atoms with Crippen molar-refractivity contribution in [2.45, 2.75) is 332 Å². The maximum atomic E-state index is 15.2. The van der Waals surface area contributed by atoms with Crippen LogP contribution in [0.25, 0.3) is 55.2 Å². The van der Waals surface area contributed by atoms with Gasteiger partial charge in [0.25, 0.3) is 0 Å². The molecule has 136 heavy (non-hydrogen) atoms. The monoisotopic (exact) mass is 1940 g/mol. The number of halogens is 6. The Morgan fingerprint density at radius 1 is 0.493 bits per heavy atom. The number of hydrogen-bond acceptors (Lipinski definition) is 16. The third-order valence-electron chi connectivity index (χ3n) is 27.3. The number of nitrogens with one attached hydrogen (secondary N) is 5. The third-order valence-corrected chi connectivity index (χ3v) is 27.7. The van der Waals surface area contributed by atoms with Crippen molar-refractivity contribution in [3.63, 3.8) is 0 Å². The Hall–Kier alpha value is -10.7. The maximum Gasteiger partial charge on any atom is 0.230 e. The zero-order valence-electron chi connectivity index (χ0n) is 82.9. The number of hydrogen-bond donors (Lipinski definition) is 9. The Morgan fingerprint density at radius 2 is 0.904 bits per heavy atom. The molecule has 26 nitrogen and oxygen atoms in total. The number of alkyl halides is 1. The number of carbonyl (C=O) groups excluding carboxylic acids is 5. The molecule has 5 fully saturated rings. The van der Waals surface area contributed by atoms with Crippen molar-refractivity contribution < 1.29 is 71.1 Å². The smallest absolute Gasteiger partial charge is 0.230 e. The summed E-state index contributed by atoms with van der Waals surface area (Å²) < 4.78 is 88.3. The van der Waals surface area contributed by atoms with Crippen LogP contribution in [0.15, 0.2) is 95.5 Å². The number of methoxy groups -OCH3 is 1. The van der Waals surface area contributed by atoms with Crippen LogP contribution >= 0.6 is 15.9 Å². The minimum atomic E-state index is -2.05. The molecule has 0 spiro atoms. The van der Waals surface area contributed by atoms with Gasteiger partial charge in [-0.15, -0.1) is 0 Å². The number of fused-ring (bicyclic) bond motifs is 5. The van der Waals surface area contributed by atoms with Crippen molar-refractivity contribution in [2.75, 3.05) is 33.7 Å². The molecule has 6 aromatic carbocycles. The lowest BCUT2D eigenvalue weighted by Crippen LogP contribution is -2.39. The highest BCUT2D eigenvalue weighted by Crippen LogP contribution is 2.49. The summed E-state index contributed by atoms with van der Waals surface area (Å²) in [7, 11) is 1.64. The van der Waals surface area contributed by atoms with Crippen LogP contribution in [-0.2, 0) is 57.5 Å². The Kier molecular flexibility index (Phi) is 30.4. The normalized spacial score (nSPS) is 16.7. The Labute approximate surface area is 801 Å². The fraction of sp³-hybridized carbons (Fsp3) is 0.548. The topological polar surface area (TPSA) is 349 Å². The van der Waals surface area contributed by atoms with Gasteiger partial charge >= 0.3 is 0 Å². The average molecular weight is 1950 g/mol. The van der Waals surface area contributed by atoms with Crippen LogP contribution in [0.1, 0.15) is 320 Å². The van der Waals surface area contributed by atoms with Crippen LogP contribution in [0, 0.1) is 62.2 Å². The molecule has 32 heteroatoms. The number of aliphatic hydroxyl groups is 4. The fourth-order valence-corrected chi connectivity index (χ4v) is 18.0. The van der Waals surface area contributed by atoms with Gasteiger partial charge in [-0.1, -0.05) is 117 Å². The van der Waals surface area contributed by atoms with E-state index in [-0.39, 0.29) is 110 Å². The van der Waals surface area contributed by atoms with E-state index in [9.17, 15) is 67.2 Å². The molecule has 2 unspecified atom stereocenters. The van der Waals surface area contributed by atoms with Gasteiger partial charge in [-0.25, -0.2) is 46.9 Å². The van der Waals surface area contributed by atoms with Gasteiger partial charge in [-0.05, 0) is 266 Å². The van der Waals surface area contributed by atoms with Crippen molar-refractivity contribution in [3.05, 3.63) is 147 Å². The minimum Gasteiger partial charge on any atom is -0.494 e. The Bertz CT molecular complexity index is 6330. The summed E-state index contributed by atoms with van der Waals surface area (Å²) in [5.74, 6) is -1.61. The zero-order valence-corrected chi connectivity index (χ0v) is 84.5. The van der Waals surface area contributed by atoms with E-state index in [4.69, 9.17) is 9.72 Å². The third kappa shape index (κ3) is 23.5. The van der Waals surface area contributed by atoms with Gasteiger partial charge in [0, 0.05) is 69.8 Å². The quantitative estimate of drug-likeness (QED) is 0.0269. The summed E-state index contributed by atoms with van der Waals surface area (Å²) in [4.78, 5) is 85.7. The lowest BCUT2D eigenvalue weighted by atomic mass is 9.78. The first-order valence-electron chi connectivity index (χ1n) is 47.3. The highest BCUT2D eigenvalue weighted by Gasteiger charge is 2.43. The second-order valence-corrected chi connectivity index (χ2v) is 45.2. The second kappa shape index (κ2) is 39.6. The van der Waals surface area contributed by atoms with Crippen LogP contribution in [-0.4, -0.2) is 111 Å². The van der Waals surface area contributed by atoms with Gasteiger partial charge in [-0.2, -0.15) is 5.26 Å². The van der Waals surface area contributed by atoms with Crippen molar-refractivity contribution >= 4 is 130 Å². The van der Waals surface area contributed by atoms with Crippen LogP contribution in [0.5, 0.6) is 5.75 Å². The minimum absolute atomic E-state index is 0.00267. The first-order chi connectivity index (χ1) is 63.1. The Balaban J connectivity index is 0.000000153. The number of imidazole rings is 5. The molecular weight excluding hydrogens is 1810 g/mol. The van der Waals surface area contributed by atoms with Gasteiger partial charge in [0.05, 0.1) is 86.1 Å². The molecule has 0 radical (unpaired) electrons. The van der Waals surface area contributed by atoms with Gasteiger partial charge in [0.1, 0.15) is 45.7 Å². The van der Waals surface area contributed by atoms with Gasteiger partial charge in [-0.3, -0.25) is 50.6 Å². The number of aromatic nitrogens is 10. The van der Waals surface area contributed by atoms with Crippen LogP contribution in [0.4, 0.5) is 51.7 Å². The Morgan fingerprint density at radius 3 is 1.34 bits per heavy atom. The van der Waals surface area contributed by atoms with Crippen molar-refractivity contribution in [3.8, 4) is 11.8 Å². The molecule has 16 rings (SSSR count). The molecule has 5 aliphatic carbocycles. The van der Waals surface area contributed by atoms with E-state index in [2.05, 4.69) is 138 Å². The molecule has 0 bridgehead atoms. The summed E-state index contributed by atoms with van der Waals surface area (Å²) in [6.07, 6.45) is 14.5. The highest BCUT2D eigenvalue weighted by molar-refractivity contribution is 9.10. The van der Waals surface area contributed by atoms with Gasteiger partial charge in [0.15, 0.2) is 11.6 Å². The maximum absolute atomic E-state index is 15.2. The summed E-state index contributed by atoms with van der Waals surface area (Å²) in [6.45, 7) is 40.5. The number of anilines is 5. The molecule has 3 atom stereocenters. The average Bonchev–Trinajstić information content (AvgIpc) is 1.53. The van der Waals surface area contributed by atoms with E-state index >= 15 is 4.39 Å². The first kappa shape index (κ1) is 104. The lowest BCUT2D eigenvalue weighted by molar-refractivity contribution is -0.122. The van der Waals surface area contributed by atoms with Crippen LogP contribution in [0.2, 0.25) is 0 Å². The fourth-order valence-electron chi connectivity index (χ4n) is 17.6. The van der Waals surface area contributed by atoms with Gasteiger partial charge in [0.2, 0.25) is 59.3 Å². The molecule has 0 saturated heterocycles. The molecule has 9 N–H and O–H groups in total. The molecule has 5 heterocycles. The molecule has 5 aromatic heterocycles. The number of nitriles is 1. The molecule has 734 valence electrons. The molecule has 5 aliphatic rings. The molecule has 11 aromatic rings. The number of benzene rings is 6. The molecular formula is C104H136BrF5N16O10. The van der Waals surface area contributed by atoms with E-state index < -0.39 is 75.2 Å². The summed E-state index contributed by atoms with van der Waals surface area (Å²) in [5, 5.41) is 65.4. The largest absolute Gasteiger partial charge is 0.494 e. The van der Waals surface area contributed by atoms with Crippen LogP contribution < -0.4 is 31.3 Å². The molecule has 0 aliphatic heterocycles. The number of nitrogens with zero attached hydrogens (tertiary/aromatic N) is 11. The standard InChI is InChI=1S/C23H22F2N4O2.C22H33N3O2.C21H30FN3O2.C20H27F2N3O2.C18H24BrN3O2/c1-22(9-4-10-22)29-18-11-14(13-26)7-8-17(18)27-21(29)28-19(30)12-23(2,31)20-15(24)5-3-6-16(20)25;1-14(20(2,3)4)18(26)24-19-23-16-10-9-15(21(5,6)27)13-17(16)25(19)22(7)11-8-12-22;1-13(22)20(2,3)12-18(26)24-19-23-16-10-9-14(21(4,5)27)11-17(16)25(19)15-7-6-8-15;1-19(2,3)10-14(26)23-18-24-16-13(21)9-12(20(4,5)27)15(22)17(16)25(18)11-7-6-8-11;1-18(2,3)10-15(23)20-17-21-16-13(22(17)12-6-5-7-12)8-11(19)9-14(16)24-4/h3,5-8,11,31H,4,9-10,12H2,1-2H3,(H,27,28,30);9-10,13-14,27H,8,11-12H2,1-7H3,(H,23,24,26);9-11,13,15,27H,6-8,12H2,1-5H3,(H,23,24,26);9,11,27H,6-8,10H2,1-5H3,(H,23,24,26);8-9,12H,5-7,10H2,1-4H3,(H,20,21,23)/t;14-;;;/m.1.../s1. The molecule has 5 amide bonds. The zero-order chi connectivity index (χ0) is 100. The summed E-state index contributed by atoms with van der Waals surface area (Å²) >= 11 is 3.54. The number of amides is 5. The molecule has 5 saturated carbocycles. The van der Waals surface area contributed by atoms with Crippen molar-refractivity contribution in [1.82, 2.24) is 47.8 Å². The predicted octanol–water partition coefficient (Wildman–Crippen LogP) is 23.4. The summed E-state index contributed by atoms with van der Waals surface area (Å²) in [5.41, 5.74) is 1.05. The number of ether oxygens (including phenoxy) is 1. The van der Waals surface area contributed by atoms with E-state index in [1.54, 1.807) is 71.4 Å². The number of rotatable bonds is 23. The second-order valence-electron chi connectivity index (χ2n) is 44.3. The lowest BCUT2D eigenvalue weighted by Gasteiger charge is -2.41. The van der Waals surface area contributed by atoms with Crippen molar-refractivity contribution in [2.24, 2.45) is 27.6 Å².